The first-order chi connectivity index (χ1) is 15.0. The molecular weight excluding hydrogens is 448 g/mol. The van der Waals surface area contributed by atoms with Gasteiger partial charge in [0.05, 0.1) is 0 Å². The molecule has 0 saturated heterocycles. The highest BCUT2D eigenvalue weighted by Gasteiger charge is 2.41. The lowest BCUT2D eigenvalue weighted by Crippen LogP contribution is -2.28. The smallest absolute Gasteiger partial charge is 0.178 e. The van der Waals surface area contributed by atoms with Crippen LogP contribution >= 0.6 is 15.9 Å². The van der Waals surface area contributed by atoms with Crippen molar-refractivity contribution >= 4 is 15.9 Å². The normalized spacial score (nSPS) is 15.2. The molecule has 1 aliphatic rings. The van der Waals surface area contributed by atoms with Crippen molar-refractivity contribution in [1.29, 1.82) is 0 Å². The fourth-order valence-corrected chi connectivity index (χ4v) is 4.47. The summed E-state index contributed by atoms with van der Waals surface area (Å²) >= 11 is 3.45. The highest BCUT2D eigenvalue weighted by Crippen LogP contribution is 2.47. The van der Waals surface area contributed by atoms with Crippen LogP contribution in [0.15, 0.2) is 108 Å². The van der Waals surface area contributed by atoms with Gasteiger partial charge in [0.25, 0.3) is 0 Å². The van der Waals surface area contributed by atoms with Crippen molar-refractivity contribution in [2.45, 2.75) is 11.2 Å². The van der Waals surface area contributed by atoms with Gasteiger partial charge in [-0.2, -0.15) is 0 Å². The molecule has 4 aromatic carbocycles. The van der Waals surface area contributed by atoms with Gasteiger partial charge in [0.2, 0.25) is 0 Å². The fourth-order valence-electron chi connectivity index (χ4n) is 4.21. The van der Waals surface area contributed by atoms with Crippen molar-refractivity contribution in [2.75, 3.05) is 0 Å². The first kappa shape index (κ1) is 19.8. The van der Waals surface area contributed by atoms with E-state index in [9.17, 15) is 10.2 Å². The minimum absolute atomic E-state index is 0.637. The summed E-state index contributed by atoms with van der Waals surface area (Å²) < 4.78 is 0.914. The van der Waals surface area contributed by atoms with Gasteiger partial charge in [-0.1, -0.05) is 119 Å². The van der Waals surface area contributed by atoms with E-state index < -0.39 is 11.2 Å². The molecule has 0 aromatic heterocycles. The first-order valence-corrected chi connectivity index (χ1v) is 10.8. The Morgan fingerprint density at radius 1 is 0.645 bits per heavy atom. The van der Waals surface area contributed by atoms with Crippen LogP contribution in [0.25, 0.3) is 11.1 Å². The maximum atomic E-state index is 11.8. The van der Waals surface area contributed by atoms with Crippen molar-refractivity contribution in [2.24, 2.45) is 0 Å². The Labute approximate surface area is 190 Å². The van der Waals surface area contributed by atoms with Crippen molar-refractivity contribution in [3.63, 3.8) is 0 Å². The molecule has 0 amide bonds. The van der Waals surface area contributed by atoms with E-state index in [-0.39, 0.29) is 0 Å². The summed E-state index contributed by atoms with van der Waals surface area (Å²) in [5, 5.41) is 23.6. The van der Waals surface area contributed by atoms with Gasteiger partial charge >= 0.3 is 0 Å². The molecule has 5 rings (SSSR count). The van der Waals surface area contributed by atoms with Gasteiger partial charge in [-0.15, -0.1) is 0 Å². The van der Waals surface area contributed by atoms with Gasteiger partial charge in [-0.3, -0.25) is 0 Å². The predicted molar refractivity (Wildman–Crippen MR) is 126 cm³/mol. The Bertz CT molecular complexity index is 1270. The number of rotatable bonds is 2. The summed E-state index contributed by atoms with van der Waals surface area (Å²) in [6.45, 7) is 0. The number of fused-ring (bicyclic) bond motifs is 3. The molecule has 2 N–H and O–H groups in total. The van der Waals surface area contributed by atoms with E-state index in [1.807, 2.05) is 103 Å². The molecule has 1 aliphatic carbocycles. The van der Waals surface area contributed by atoms with E-state index in [1.54, 1.807) is 0 Å². The summed E-state index contributed by atoms with van der Waals surface area (Å²) in [5.74, 6) is 6.12. The Morgan fingerprint density at radius 3 is 1.71 bits per heavy atom. The molecule has 31 heavy (non-hydrogen) atoms. The Hall–Kier alpha value is -3.16. The summed E-state index contributed by atoms with van der Waals surface area (Å²) in [7, 11) is 0. The Morgan fingerprint density at radius 2 is 1.13 bits per heavy atom. The topological polar surface area (TPSA) is 40.5 Å². The third-order valence-corrected chi connectivity index (χ3v) is 6.33. The SMILES string of the molecule is OC(C#CC1(O)c2ccccc2-c2ccccc21)(c1ccccc1)c1ccc(Br)cc1. The Balaban J connectivity index is 1.72. The minimum atomic E-state index is -1.58. The maximum absolute atomic E-state index is 11.8. The molecule has 0 spiro atoms. The van der Waals surface area contributed by atoms with E-state index in [1.165, 1.54) is 0 Å². The van der Waals surface area contributed by atoms with Crippen LogP contribution in [0, 0.1) is 11.8 Å². The third-order valence-electron chi connectivity index (χ3n) is 5.80. The number of hydrogen-bond donors (Lipinski definition) is 2. The zero-order valence-electron chi connectivity index (χ0n) is 16.6. The van der Waals surface area contributed by atoms with E-state index in [2.05, 4.69) is 27.8 Å². The van der Waals surface area contributed by atoms with Crippen LogP contribution in [-0.2, 0) is 11.2 Å². The van der Waals surface area contributed by atoms with Crippen LogP contribution in [0.4, 0.5) is 0 Å². The third kappa shape index (κ3) is 3.21. The predicted octanol–water partition coefficient (Wildman–Crippen LogP) is 5.60. The number of halogens is 1. The fraction of sp³-hybridized carbons (Fsp3) is 0.0714. The number of hydrogen-bond acceptors (Lipinski definition) is 2. The van der Waals surface area contributed by atoms with E-state index in [0.717, 1.165) is 26.7 Å². The number of benzene rings is 4. The molecule has 0 fully saturated rings. The van der Waals surface area contributed by atoms with Gasteiger partial charge in [0.1, 0.15) is 0 Å². The minimum Gasteiger partial charge on any atom is -0.369 e. The second-order valence-corrected chi connectivity index (χ2v) is 8.55. The zero-order valence-corrected chi connectivity index (χ0v) is 18.2. The molecule has 150 valence electrons. The summed E-state index contributed by atoms with van der Waals surface area (Å²) in [6.07, 6.45) is 0. The summed E-state index contributed by atoms with van der Waals surface area (Å²) in [5.41, 5.74) is 1.58. The van der Waals surface area contributed by atoms with Crippen molar-refractivity contribution in [1.82, 2.24) is 0 Å². The molecule has 0 aliphatic heterocycles. The average Bonchev–Trinajstić information content (AvgIpc) is 3.08. The van der Waals surface area contributed by atoms with Gasteiger partial charge in [-0.05, 0) is 23.3 Å². The summed E-state index contributed by atoms with van der Waals surface area (Å²) in [6, 6.07) is 32.2. The van der Waals surface area contributed by atoms with Crippen LogP contribution < -0.4 is 0 Å². The number of aliphatic hydroxyl groups is 2. The lowest BCUT2D eigenvalue weighted by atomic mass is 9.84. The molecule has 0 heterocycles. The van der Waals surface area contributed by atoms with Crippen molar-refractivity contribution in [3.05, 3.63) is 130 Å². The van der Waals surface area contributed by atoms with Crippen LogP contribution in [0.2, 0.25) is 0 Å². The van der Waals surface area contributed by atoms with Crippen LogP contribution in [0.3, 0.4) is 0 Å². The van der Waals surface area contributed by atoms with E-state index >= 15 is 0 Å². The van der Waals surface area contributed by atoms with Crippen LogP contribution in [-0.4, -0.2) is 10.2 Å². The monoisotopic (exact) mass is 466 g/mol. The van der Waals surface area contributed by atoms with Gasteiger partial charge < -0.3 is 10.2 Å². The standard InChI is InChI=1S/C28H19BrO2/c29-22-16-14-21(15-17-22)27(30,20-8-2-1-3-9-20)18-19-28(31)25-12-6-4-10-23(25)24-11-5-7-13-26(24)28/h1-17,30-31H. The van der Waals surface area contributed by atoms with Gasteiger partial charge in [-0.25, -0.2) is 0 Å². The second kappa shape index (κ2) is 7.51. The quantitative estimate of drug-likeness (QED) is 0.377. The highest BCUT2D eigenvalue weighted by atomic mass is 79.9. The maximum Gasteiger partial charge on any atom is 0.178 e. The molecule has 3 heteroatoms. The molecule has 4 aromatic rings. The lowest BCUT2D eigenvalue weighted by molar-refractivity contribution is 0.135. The average molecular weight is 467 g/mol. The largest absolute Gasteiger partial charge is 0.369 e. The van der Waals surface area contributed by atoms with Crippen LogP contribution in [0.1, 0.15) is 22.3 Å². The molecule has 0 saturated carbocycles. The van der Waals surface area contributed by atoms with Crippen molar-refractivity contribution in [3.8, 4) is 23.0 Å². The first-order valence-electron chi connectivity index (χ1n) is 10.0. The van der Waals surface area contributed by atoms with Crippen molar-refractivity contribution < 1.29 is 10.2 Å². The van der Waals surface area contributed by atoms with Gasteiger partial charge in [0.15, 0.2) is 11.2 Å². The molecule has 1 unspecified atom stereocenters. The van der Waals surface area contributed by atoms with Crippen LogP contribution in [0.5, 0.6) is 0 Å². The van der Waals surface area contributed by atoms with Gasteiger partial charge in [0, 0.05) is 26.7 Å². The van der Waals surface area contributed by atoms with E-state index in [4.69, 9.17) is 0 Å². The molecule has 0 bridgehead atoms. The molecule has 1 atom stereocenters. The second-order valence-electron chi connectivity index (χ2n) is 7.63. The molecular formula is C28H19BrO2. The lowest BCUT2D eigenvalue weighted by Gasteiger charge is -2.25. The highest BCUT2D eigenvalue weighted by molar-refractivity contribution is 9.10. The van der Waals surface area contributed by atoms with E-state index in [0.29, 0.717) is 11.1 Å². The molecule has 0 radical (unpaired) electrons. The molecule has 2 nitrogen and oxygen atoms in total. The zero-order chi connectivity index (χ0) is 21.5. The summed E-state index contributed by atoms with van der Waals surface area (Å²) in [4.78, 5) is 0. The Kier molecular flexibility index (Phi) is 4.79.